The van der Waals surface area contributed by atoms with Gasteiger partial charge < -0.3 is 4.18 Å². The first kappa shape index (κ1) is 10.6. The average molecular weight is 194 g/mol. The SMILES string of the molecule is C=CC(CC)C(=S)O[SH](=O)=O. The van der Waals surface area contributed by atoms with E-state index in [1.165, 1.54) is 0 Å². The third kappa shape index (κ3) is 4.10. The highest BCUT2D eigenvalue weighted by Crippen LogP contribution is 2.07. The predicted molar refractivity (Wildman–Crippen MR) is 48.0 cm³/mol. The van der Waals surface area contributed by atoms with Crippen molar-refractivity contribution in [2.24, 2.45) is 5.92 Å². The molecule has 0 aromatic heterocycles. The van der Waals surface area contributed by atoms with Crippen molar-refractivity contribution in [1.29, 1.82) is 0 Å². The van der Waals surface area contributed by atoms with Gasteiger partial charge in [-0.05, 0) is 18.6 Å². The Morgan fingerprint density at radius 3 is 2.64 bits per heavy atom. The van der Waals surface area contributed by atoms with Gasteiger partial charge in [-0.2, -0.15) is 8.42 Å². The molecule has 0 amide bonds. The highest BCUT2D eigenvalue weighted by molar-refractivity contribution is 7.81. The monoisotopic (exact) mass is 194 g/mol. The van der Waals surface area contributed by atoms with E-state index in [4.69, 9.17) is 0 Å². The van der Waals surface area contributed by atoms with Gasteiger partial charge in [0.15, 0.2) is 5.05 Å². The number of hydrogen-bond donors (Lipinski definition) is 1. The van der Waals surface area contributed by atoms with Crippen LogP contribution in [0.1, 0.15) is 13.3 Å². The first-order chi connectivity index (χ1) is 5.11. The van der Waals surface area contributed by atoms with Crippen LogP contribution in [0.2, 0.25) is 0 Å². The Bertz CT molecular complexity index is 212. The van der Waals surface area contributed by atoms with E-state index < -0.39 is 11.0 Å². The van der Waals surface area contributed by atoms with Gasteiger partial charge in [-0.3, -0.25) is 0 Å². The van der Waals surface area contributed by atoms with Crippen LogP contribution >= 0.6 is 12.2 Å². The van der Waals surface area contributed by atoms with Gasteiger partial charge in [-0.1, -0.05) is 13.0 Å². The first-order valence-corrected chi connectivity index (χ1v) is 4.61. The minimum Gasteiger partial charge on any atom is -0.376 e. The molecule has 0 rings (SSSR count). The molecule has 0 bridgehead atoms. The standard InChI is InChI=1S/C6H10O3S2/c1-3-5(4-2)6(10)9-11(7)8/h3,5,11H,1,4H2,2H3. The lowest BCUT2D eigenvalue weighted by molar-refractivity contribution is 0.493. The summed E-state index contributed by atoms with van der Waals surface area (Å²) in [5.41, 5.74) is 0. The smallest absolute Gasteiger partial charge is 0.299 e. The first-order valence-electron chi connectivity index (χ1n) is 3.10. The molecular weight excluding hydrogens is 184 g/mol. The molecule has 64 valence electrons. The second-order valence-electron chi connectivity index (χ2n) is 1.88. The van der Waals surface area contributed by atoms with E-state index in [2.05, 4.69) is 23.0 Å². The van der Waals surface area contributed by atoms with Crippen LogP contribution in [0.3, 0.4) is 0 Å². The Hall–Kier alpha value is -0.420. The van der Waals surface area contributed by atoms with E-state index in [-0.39, 0.29) is 11.0 Å². The van der Waals surface area contributed by atoms with Gasteiger partial charge in [0.05, 0.1) is 0 Å². The number of thiol groups is 1. The summed E-state index contributed by atoms with van der Waals surface area (Å²) in [6.45, 7) is 5.37. The maximum absolute atomic E-state index is 10.0. The highest BCUT2D eigenvalue weighted by Gasteiger charge is 2.09. The molecule has 0 radical (unpaired) electrons. The molecule has 0 aliphatic heterocycles. The molecule has 11 heavy (non-hydrogen) atoms. The second kappa shape index (κ2) is 5.26. The zero-order chi connectivity index (χ0) is 8.85. The molecule has 1 unspecified atom stereocenters. The summed E-state index contributed by atoms with van der Waals surface area (Å²) < 4.78 is 24.4. The van der Waals surface area contributed by atoms with Gasteiger partial charge in [0.25, 0.3) is 11.0 Å². The molecule has 3 nitrogen and oxygen atoms in total. The maximum atomic E-state index is 10.0. The second-order valence-corrected chi connectivity index (χ2v) is 2.92. The summed E-state index contributed by atoms with van der Waals surface area (Å²) in [5, 5.41) is 0.0682. The van der Waals surface area contributed by atoms with Crippen LogP contribution in [0.25, 0.3) is 0 Å². The van der Waals surface area contributed by atoms with Crippen LogP contribution in [0.15, 0.2) is 12.7 Å². The lowest BCUT2D eigenvalue weighted by atomic mass is 10.1. The van der Waals surface area contributed by atoms with Crippen LogP contribution in [-0.4, -0.2) is 13.5 Å². The van der Waals surface area contributed by atoms with Crippen molar-refractivity contribution in [3.05, 3.63) is 12.7 Å². The molecule has 0 fully saturated rings. The summed E-state index contributed by atoms with van der Waals surface area (Å²) in [6, 6.07) is 0. The zero-order valence-electron chi connectivity index (χ0n) is 6.15. The number of rotatable bonds is 4. The molecule has 0 aromatic carbocycles. The van der Waals surface area contributed by atoms with Crippen LogP contribution in [-0.2, 0) is 15.2 Å². The fraction of sp³-hybridized carbons (Fsp3) is 0.500. The summed E-state index contributed by atoms with van der Waals surface area (Å²) in [6.07, 6.45) is 2.27. The lowest BCUT2D eigenvalue weighted by Gasteiger charge is -2.07. The molecule has 0 saturated carbocycles. The number of hydrogen-bond acceptors (Lipinski definition) is 4. The molecule has 0 saturated heterocycles. The summed E-state index contributed by atoms with van der Waals surface area (Å²) in [5.74, 6) is -0.155. The van der Waals surface area contributed by atoms with E-state index in [1.54, 1.807) is 6.08 Å². The van der Waals surface area contributed by atoms with Crippen LogP contribution < -0.4 is 0 Å². The Labute approximate surface area is 73.2 Å². The normalized spacial score (nSPS) is 12.5. The van der Waals surface area contributed by atoms with Crippen LogP contribution in [0.4, 0.5) is 0 Å². The largest absolute Gasteiger partial charge is 0.376 e. The van der Waals surface area contributed by atoms with E-state index in [0.717, 1.165) is 0 Å². The van der Waals surface area contributed by atoms with Crippen molar-refractivity contribution in [3.8, 4) is 0 Å². The zero-order valence-corrected chi connectivity index (χ0v) is 7.86. The predicted octanol–water partition coefficient (Wildman–Crippen LogP) is 1.07. The Morgan fingerprint density at radius 2 is 2.36 bits per heavy atom. The minimum absolute atomic E-state index is 0.0682. The van der Waals surface area contributed by atoms with Gasteiger partial charge in [0.1, 0.15) is 0 Å². The quantitative estimate of drug-likeness (QED) is 0.413. The molecule has 0 aliphatic rings. The van der Waals surface area contributed by atoms with Crippen molar-refractivity contribution < 1.29 is 12.6 Å². The Morgan fingerprint density at radius 1 is 1.82 bits per heavy atom. The molecule has 0 heterocycles. The average Bonchev–Trinajstić information content (AvgIpc) is 1.88. The fourth-order valence-corrected chi connectivity index (χ4v) is 1.30. The third-order valence-corrected chi connectivity index (χ3v) is 2.05. The summed E-state index contributed by atoms with van der Waals surface area (Å²) >= 11 is 4.67. The molecule has 0 spiro atoms. The molecule has 0 aliphatic carbocycles. The minimum atomic E-state index is -2.87. The van der Waals surface area contributed by atoms with Crippen LogP contribution in [0.5, 0.6) is 0 Å². The third-order valence-electron chi connectivity index (χ3n) is 1.19. The molecule has 0 aromatic rings. The van der Waals surface area contributed by atoms with Gasteiger partial charge in [0, 0.05) is 5.92 Å². The van der Waals surface area contributed by atoms with E-state index >= 15 is 0 Å². The van der Waals surface area contributed by atoms with Gasteiger partial charge >= 0.3 is 0 Å². The maximum Gasteiger partial charge on any atom is 0.299 e. The molecule has 1 atom stereocenters. The van der Waals surface area contributed by atoms with Crippen LogP contribution in [0, 0.1) is 5.92 Å². The van der Waals surface area contributed by atoms with Gasteiger partial charge in [-0.15, -0.1) is 6.58 Å². The van der Waals surface area contributed by atoms with Crippen molar-refractivity contribution in [2.45, 2.75) is 13.3 Å². The van der Waals surface area contributed by atoms with E-state index in [9.17, 15) is 8.42 Å². The lowest BCUT2D eigenvalue weighted by Crippen LogP contribution is -2.11. The van der Waals surface area contributed by atoms with E-state index in [0.29, 0.717) is 6.42 Å². The molecule has 5 heteroatoms. The van der Waals surface area contributed by atoms with Crippen molar-refractivity contribution >= 4 is 28.3 Å². The summed E-state index contributed by atoms with van der Waals surface area (Å²) in [4.78, 5) is 0. The molecule has 0 N–H and O–H groups in total. The van der Waals surface area contributed by atoms with Crippen molar-refractivity contribution in [1.82, 2.24) is 0 Å². The summed E-state index contributed by atoms with van der Waals surface area (Å²) in [7, 11) is -2.87. The molecular formula is C6H10O3S2. The number of thiocarbonyl (C=S) groups is 1. The fourth-order valence-electron chi connectivity index (χ4n) is 0.571. The van der Waals surface area contributed by atoms with Crippen molar-refractivity contribution in [3.63, 3.8) is 0 Å². The van der Waals surface area contributed by atoms with E-state index in [1.807, 2.05) is 6.92 Å². The Kier molecular flexibility index (Phi) is 5.06. The van der Waals surface area contributed by atoms with Gasteiger partial charge in [-0.25, -0.2) is 0 Å². The van der Waals surface area contributed by atoms with Crippen molar-refractivity contribution in [2.75, 3.05) is 0 Å². The Balaban J connectivity index is 4.10. The van der Waals surface area contributed by atoms with Gasteiger partial charge in [0.2, 0.25) is 0 Å². The topological polar surface area (TPSA) is 43.4 Å². The highest BCUT2D eigenvalue weighted by atomic mass is 32.2.